The lowest BCUT2D eigenvalue weighted by atomic mass is 10.0. The van der Waals surface area contributed by atoms with Crippen molar-refractivity contribution < 1.29 is 4.74 Å². The molecule has 0 aromatic heterocycles. The first-order valence-corrected chi connectivity index (χ1v) is 7.03. The standard InChI is InChI=1S/C16H27NO/c1-5-15(17)7-6-10-18-16-11-14(12(2)3)9-8-13(16)4/h8-9,11-12,15H,5-7,10,17H2,1-4H3. The van der Waals surface area contributed by atoms with Gasteiger partial charge in [-0.25, -0.2) is 0 Å². The van der Waals surface area contributed by atoms with E-state index in [0.717, 1.165) is 31.6 Å². The molecule has 0 saturated carbocycles. The second-order valence-corrected chi connectivity index (χ2v) is 5.34. The smallest absolute Gasteiger partial charge is 0.122 e. The Kier molecular flexibility index (Phi) is 6.20. The van der Waals surface area contributed by atoms with Gasteiger partial charge in [0.05, 0.1) is 6.61 Å². The number of rotatable bonds is 7. The molecular weight excluding hydrogens is 222 g/mol. The van der Waals surface area contributed by atoms with Crippen LogP contribution in [0.4, 0.5) is 0 Å². The topological polar surface area (TPSA) is 35.2 Å². The fourth-order valence-corrected chi connectivity index (χ4v) is 1.86. The van der Waals surface area contributed by atoms with Gasteiger partial charge in [0, 0.05) is 6.04 Å². The van der Waals surface area contributed by atoms with Gasteiger partial charge in [0.25, 0.3) is 0 Å². The van der Waals surface area contributed by atoms with Crippen molar-refractivity contribution >= 4 is 0 Å². The molecule has 1 unspecified atom stereocenters. The van der Waals surface area contributed by atoms with Gasteiger partial charge in [-0.2, -0.15) is 0 Å². The minimum absolute atomic E-state index is 0.316. The van der Waals surface area contributed by atoms with Gasteiger partial charge in [0.1, 0.15) is 5.75 Å². The summed E-state index contributed by atoms with van der Waals surface area (Å²) in [6, 6.07) is 6.80. The molecule has 0 aliphatic carbocycles. The number of hydrogen-bond acceptors (Lipinski definition) is 2. The summed E-state index contributed by atoms with van der Waals surface area (Å²) >= 11 is 0. The molecule has 0 fully saturated rings. The van der Waals surface area contributed by atoms with Crippen molar-refractivity contribution in [3.8, 4) is 5.75 Å². The normalized spacial score (nSPS) is 12.8. The zero-order valence-corrected chi connectivity index (χ0v) is 12.2. The van der Waals surface area contributed by atoms with E-state index >= 15 is 0 Å². The number of hydrogen-bond donors (Lipinski definition) is 1. The average molecular weight is 249 g/mol. The second kappa shape index (κ2) is 7.42. The van der Waals surface area contributed by atoms with Crippen LogP contribution in [0, 0.1) is 6.92 Å². The van der Waals surface area contributed by atoms with E-state index in [0.29, 0.717) is 12.0 Å². The lowest BCUT2D eigenvalue weighted by Gasteiger charge is -2.13. The van der Waals surface area contributed by atoms with Crippen molar-refractivity contribution in [3.63, 3.8) is 0 Å². The Morgan fingerprint density at radius 2 is 2.00 bits per heavy atom. The van der Waals surface area contributed by atoms with E-state index in [1.54, 1.807) is 0 Å². The highest BCUT2D eigenvalue weighted by molar-refractivity contribution is 5.37. The molecule has 0 aliphatic rings. The molecule has 102 valence electrons. The van der Waals surface area contributed by atoms with Gasteiger partial charge in [0.15, 0.2) is 0 Å². The van der Waals surface area contributed by atoms with E-state index in [4.69, 9.17) is 10.5 Å². The molecular formula is C16H27NO. The SMILES string of the molecule is CCC(N)CCCOc1cc(C(C)C)ccc1C. The highest BCUT2D eigenvalue weighted by Gasteiger charge is 2.05. The van der Waals surface area contributed by atoms with E-state index in [1.165, 1.54) is 11.1 Å². The number of ether oxygens (including phenoxy) is 1. The highest BCUT2D eigenvalue weighted by Crippen LogP contribution is 2.24. The van der Waals surface area contributed by atoms with Gasteiger partial charge >= 0.3 is 0 Å². The molecule has 0 radical (unpaired) electrons. The summed E-state index contributed by atoms with van der Waals surface area (Å²) in [4.78, 5) is 0. The average Bonchev–Trinajstić information content (AvgIpc) is 2.35. The molecule has 18 heavy (non-hydrogen) atoms. The first kappa shape index (κ1) is 15.0. The van der Waals surface area contributed by atoms with Crippen LogP contribution in [0.5, 0.6) is 5.75 Å². The first-order chi connectivity index (χ1) is 8.54. The van der Waals surface area contributed by atoms with Crippen LogP contribution < -0.4 is 10.5 Å². The molecule has 1 rings (SSSR count). The molecule has 1 atom stereocenters. The quantitative estimate of drug-likeness (QED) is 0.741. The Morgan fingerprint density at radius 3 is 2.61 bits per heavy atom. The van der Waals surface area contributed by atoms with Crippen LogP contribution in [0.15, 0.2) is 18.2 Å². The summed E-state index contributed by atoms with van der Waals surface area (Å²) in [7, 11) is 0. The maximum absolute atomic E-state index is 5.89. The number of benzene rings is 1. The fraction of sp³-hybridized carbons (Fsp3) is 0.625. The summed E-state index contributed by atoms with van der Waals surface area (Å²) in [6.07, 6.45) is 3.11. The Hall–Kier alpha value is -1.02. The Balaban J connectivity index is 2.48. The van der Waals surface area contributed by atoms with Crippen molar-refractivity contribution in [1.82, 2.24) is 0 Å². The van der Waals surface area contributed by atoms with Crippen LogP contribution in [0.1, 0.15) is 57.1 Å². The molecule has 0 spiro atoms. The Labute approximate surface area is 112 Å². The maximum Gasteiger partial charge on any atom is 0.122 e. The van der Waals surface area contributed by atoms with E-state index < -0.39 is 0 Å². The third-order valence-corrected chi connectivity index (χ3v) is 3.38. The number of nitrogens with two attached hydrogens (primary N) is 1. The molecule has 2 N–H and O–H groups in total. The van der Waals surface area contributed by atoms with Crippen LogP contribution in [0.25, 0.3) is 0 Å². The third kappa shape index (κ3) is 4.69. The van der Waals surface area contributed by atoms with Gasteiger partial charge in [-0.3, -0.25) is 0 Å². The first-order valence-electron chi connectivity index (χ1n) is 7.03. The molecule has 1 aromatic rings. The largest absolute Gasteiger partial charge is 0.493 e. The van der Waals surface area contributed by atoms with Gasteiger partial charge < -0.3 is 10.5 Å². The summed E-state index contributed by atoms with van der Waals surface area (Å²) in [5.74, 6) is 1.56. The van der Waals surface area contributed by atoms with E-state index in [2.05, 4.69) is 45.9 Å². The van der Waals surface area contributed by atoms with Crippen molar-refractivity contribution in [2.45, 2.75) is 58.9 Å². The van der Waals surface area contributed by atoms with Crippen molar-refractivity contribution in [2.24, 2.45) is 5.73 Å². The van der Waals surface area contributed by atoms with Crippen LogP contribution in [0.3, 0.4) is 0 Å². The van der Waals surface area contributed by atoms with Crippen LogP contribution in [0.2, 0.25) is 0 Å². The summed E-state index contributed by atoms with van der Waals surface area (Å²) in [6.45, 7) is 9.39. The zero-order chi connectivity index (χ0) is 13.5. The molecule has 0 aliphatic heterocycles. The molecule has 2 heteroatoms. The molecule has 0 amide bonds. The minimum atomic E-state index is 0.316. The van der Waals surface area contributed by atoms with E-state index in [-0.39, 0.29) is 0 Å². The van der Waals surface area contributed by atoms with Gasteiger partial charge in [-0.05, 0) is 49.3 Å². The lowest BCUT2D eigenvalue weighted by Crippen LogP contribution is -2.19. The molecule has 1 aromatic carbocycles. The fourth-order valence-electron chi connectivity index (χ4n) is 1.86. The van der Waals surface area contributed by atoms with Crippen molar-refractivity contribution in [1.29, 1.82) is 0 Å². The summed E-state index contributed by atoms with van der Waals surface area (Å²) < 4.78 is 5.87. The molecule has 0 bridgehead atoms. The van der Waals surface area contributed by atoms with Crippen molar-refractivity contribution in [2.75, 3.05) is 6.61 Å². The predicted molar refractivity (Wildman–Crippen MR) is 78.3 cm³/mol. The molecule has 0 heterocycles. The third-order valence-electron chi connectivity index (χ3n) is 3.38. The number of aryl methyl sites for hydroxylation is 1. The Morgan fingerprint density at radius 1 is 1.28 bits per heavy atom. The highest BCUT2D eigenvalue weighted by atomic mass is 16.5. The lowest BCUT2D eigenvalue weighted by molar-refractivity contribution is 0.298. The minimum Gasteiger partial charge on any atom is -0.493 e. The summed E-state index contributed by atoms with van der Waals surface area (Å²) in [5, 5.41) is 0. The van der Waals surface area contributed by atoms with Crippen molar-refractivity contribution in [3.05, 3.63) is 29.3 Å². The molecule has 0 saturated heterocycles. The monoisotopic (exact) mass is 249 g/mol. The van der Waals surface area contributed by atoms with Crippen LogP contribution in [-0.4, -0.2) is 12.6 Å². The second-order valence-electron chi connectivity index (χ2n) is 5.34. The van der Waals surface area contributed by atoms with Gasteiger partial charge in [0.2, 0.25) is 0 Å². The summed E-state index contributed by atoms with van der Waals surface area (Å²) in [5.41, 5.74) is 8.43. The van der Waals surface area contributed by atoms with Crippen LogP contribution >= 0.6 is 0 Å². The van der Waals surface area contributed by atoms with E-state index in [1.807, 2.05) is 0 Å². The molecule has 2 nitrogen and oxygen atoms in total. The predicted octanol–water partition coefficient (Wildman–Crippen LogP) is 4.01. The maximum atomic E-state index is 5.89. The van der Waals surface area contributed by atoms with E-state index in [9.17, 15) is 0 Å². The van der Waals surface area contributed by atoms with Crippen LogP contribution in [-0.2, 0) is 0 Å². The zero-order valence-electron chi connectivity index (χ0n) is 12.2. The Bertz CT molecular complexity index is 360. The van der Waals surface area contributed by atoms with Gasteiger partial charge in [-0.1, -0.05) is 32.9 Å². The van der Waals surface area contributed by atoms with Gasteiger partial charge in [-0.15, -0.1) is 0 Å².